The van der Waals surface area contributed by atoms with Crippen LogP contribution in [0.2, 0.25) is 0 Å². The number of carbonyl (C=O) groups excluding carboxylic acids is 1. The number of hydrogen-bond donors (Lipinski definition) is 1. The third-order valence-corrected chi connectivity index (χ3v) is 4.48. The number of likely N-dealkylation sites (N-methyl/N-ethyl adjacent to an activating group) is 1. The van der Waals surface area contributed by atoms with Crippen LogP contribution in [0.15, 0.2) is 24.3 Å². The molecule has 2 fully saturated rings. The van der Waals surface area contributed by atoms with Crippen molar-refractivity contribution in [1.82, 2.24) is 9.80 Å². The molecule has 2 saturated heterocycles. The highest BCUT2D eigenvalue weighted by Gasteiger charge is 2.46. The van der Waals surface area contributed by atoms with Crippen LogP contribution in [0, 0.1) is 0 Å². The molecule has 0 unspecified atom stereocenters. The molecule has 1 aromatic rings. The number of rotatable bonds is 5. The number of aliphatic carboxylic acids is 1. The summed E-state index contributed by atoms with van der Waals surface area (Å²) in [6.45, 7) is 2.48. The average molecular weight is 334 g/mol. The summed E-state index contributed by atoms with van der Waals surface area (Å²) < 4.78 is 11.0. The predicted octanol–water partition coefficient (Wildman–Crippen LogP) is 1.57. The van der Waals surface area contributed by atoms with Crippen molar-refractivity contribution in [2.75, 3.05) is 33.3 Å². The highest BCUT2D eigenvalue weighted by Crippen LogP contribution is 2.32. The second-order valence-corrected chi connectivity index (χ2v) is 6.51. The molecule has 0 aromatic heterocycles. The number of carbonyl (C=O) groups is 2. The maximum absolute atomic E-state index is 11.7. The SMILES string of the molecule is CN1C[C@@]2(CCCN(Cc3ccccc3OCC(=O)O)C2)OC1=O. The Morgan fingerprint density at radius 1 is 1.38 bits per heavy atom. The van der Waals surface area contributed by atoms with Gasteiger partial charge in [-0.3, -0.25) is 4.90 Å². The fourth-order valence-corrected chi connectivity index (χ4v) is 3.49. The molecule has 1 aromatic carbocycles. The van der Waals surface area contributed by atoms with E-state index < -0.39 is 11.6 Å². The van der Waals surface area contributed by atoms with Crippen LogP contribution < -0.4 is 4.74 Å². The second-order valence-electron chi connectivity index (χ2n) is 6.51. The number of carboxylic acid groups (broad SMARTS) is 1. The Bertz CT molecular complexity index is 635. The molecular formula is C17H22N2O5. The molecule has 2 heterocycles. The van der Waals surface area contributed by atoms with Crippen LogP contribution in [-0.2, 0) is 16.1 Å². The number of likely N-dealkylation sites (tertiary alicyclic amines) is 1. The van der Waals surface area contributed by atoms with Crippen LogP contribution in [0.1, 0.15) is 18.4 Å². The van der Waals surface area contributed by atoms with Crippen molar-refractivity contribution >= 4 is 12.1 Å². The van der Waals surface area contributed by atoms with Crippen molar-refractivity contribution in [1.29, 1.82) is 0 Å². The summed E-state index contributed by atoms with van der Waals surface area (Å²) in [5, 5.41) is 8.79. The van der Waals surface area contributed by atoms with Gasteiger partial charge in [0.05, 0.1) is 6.54 Å². The Labute approximate surface area is 140 Å². The fraction of sp³-hybridized carbons (Fsp3) is 0.529. The van der Waals surface area contributed by atoms with Gasteiger partial charge in [0.25, 0.3) is 0 Å². The lowest BCUT2D eigenvalue weighted by Crippen LogP contribution is -2.50. The highest BCUT2D eigenvalue weighted by atomic mass is 16.6. The second kappa shape index (κ2) is 6.68. The van der Waals surface area contributed by atoms with Gasteiger partial charge in [0, 0.05) is 25.7 Å². The maximum atomic E-state index is 11.7. The first-order chi connectivity index (χ1) is 11.5. The van der Waals surface area contributed by atoms with Gasteiger partial charge in [0.15, 0.2) is 6.61 Å². The maximum Gasteiger partial charge on any atom is 0.410 e. The molecule has 2 aliphatic rings. The number of ether oxygens (including phenoxy) is 2. The minimum atomic E-state index is -0.998. The molecule has 1 N–H and O–H groups in total. The number of nitrogens with zero attached hydrogens (tertiary/aromatic N) is 2. The van der Waals surface area contributed by atoms with E-state index in [1.54, 1.807) is 18.0 Å². The van der Waals surface area contributed by atoms with Gasteiger partial charge < -0.3 is 19.5 Å². The lowest BCUT2D eigenvalue weighted by Gasteiger charge is -2.38. The molecule has 130 valence electrons. The summed E-state index contributed by atoms with van der Waals surface area (Å²) in [6.07, 6.45) is 1.57. The van der Waals surface area contributed by atoms with E-state index in [9.17, 15) is 9.59 Å². The molecule has 0 saturated carbocycles. The minimum absolute atomic E-state index is 0.262. The van der Waals surface area contributed by atoms with Crippen molar-refractivity contribution in [3.63, 3.8) is 0 Å². The monoisotopic (exact) mass is 334 g/mol. The largest absolute Gasteiger partial charge is 0.482 e. The third kappa shape index (κ3) is 3.62. The van der Waals surface area contributed by atoms with Crippen LogP contribution >= 0.6 is 0 Å². The van der Waals surface area contributed by atoms with E-state index in [1.165, 1.54) is 0 Å². The van der Waals surface area contributed by atoms with Crippen molar-refractivity contribution in [3.05, 3.63) is 29.8 Å². The van der Waals surface area contributed by atoms with E-state index in [0.717, 1.165) is 24.9 Å². The molecule has 2 aliphatic heterocycles. The lowest BCUT2D eigenvalue weighted by atomic mass is 9.92. The average Bonchev–Trinajstić information content (AvgIpc) is 2.80. The Morgan fingerprint density at radius 3 is 2.88 bits per heavy atom. The molecular weight excluding hydrogens is 312 g/mol. The van der Waals surface area contributed by atoms with Gasteiger partial charge >= 0.3 is 12.1 Å². The number of para-hydroxylation sites is 1. The van der Waals surface area contributed by atoms with Crippen molar-refractivity contribution in [2.45, 2.75) is 25.0 Å². The molecule has 0 bridgehead atoms. The van der Waals surface area contributed by atoms with Gasteiger partial charge in [-0.05, 0) is 25.5 Å². The Morgan fingerprint density at radius 2 is 2.17 bits per heavy atom. The van der Waals surface area contributed by atoms with Crippen molar-refractivity contribution in [3.8, 4) is 5.75 Å². The van der Waals surface area contributed by atoms with E-state index in [1.807, 2.05) is 18.2 Å². The fourth-order valence-electron chi connectivity index (χ4n) is 3.49. The van der Waals surface area contributed by atoms with E-state index in [-0.39, 0.29) is 12.7 Å². The minimum Gasteiger partial charge on any atom is -0.482 e. The summed E-state index contributed by atoms with van der Waals surface area (Å²) in [5.74, 6) is -0.414. The van der Waals surface area contributed by atoms with Gasteiger partial charge in [-0.25, -0.2) is 9.59 Å². The summed E-state index contributed by atoms with van der Waals surface area (Å²) in [6, 6.07) is 7.45. The highest BCUT2D eigenvalue weighted by molar-refractivity contribution is 5.70. The van der Waals surface area contributed by atoms with Crippen LogP contribution in [0.3, 0.4) is 0 Å². The zero-order valence-electron chi connectivity index (χ0n) is 13.7. The lowest BCUT2D eigenvalue weighted by molar-refractivity contribution is -0.139. The third-order valence-electron chi connectivity index (χ3n) is 4.48. The van der Waals surface area contributed by atoms with Crippen molar-refractivity contribution < 1.29 is 24.2 Å². The first kappa shape index (κ1) is 16.6. The van der Waals surface area contributed by atoms with E-state index in [4.69, 9.17) is 14.6 Å². The summed E-state index contributed by atoms with van der Waals surface area (Å²) in [4.78, 5) is 26.3. The molecule has 7 nitrogen and oxygen atoms in total. The van der Waals surface area contributed by atoms with Crippen LogP contribution in [-0.4, -0.2) is 65.9 Å². The summed E-state index contributed by atoms with van der Waals surface area (Å²) in [7, 11) is 1.76. The standard InChI is InChI=1S/C17H22N2O5/c1-18-11-17(24-16(18)22)7-4-8-19(12-17)9-13-5-2-3-6-14(13)23-10-15(20)21/h2-3,5-6H,4,7-12H2,1H3,(H,20,21)/t17-/m1/s1. The molecule has 1 spiro atoms. The van der Waals surface area contributed by atoms with Gasteiger partial charge in [-0.1, -0.05) is 18.2 Å². The summed E-state index contributed by atoms with van der Waals surface area (Å²) in [5.41, 5.74) is 0.509. The van der Waals surface area contributed by atoms with Gasteiger partial charge in [-0.2, -0.15) is 0 Å². The smallest absolute Gasteiger partial charge is 0.410 e. The van der Waals surface area contributed by atoms with Crippen LogP contribution in [0.25, 0.3) is 0 Å². The predicted molar refractivity (Wildman–Crippen MR) is 85.9 cm³/mol. The number of amides is 1. The normalized spacial score (nSPS) is 24.2. The Balaban J connectivity index is 1.68. The molecule has 0 radical (unpaired) electrons. The molecule has 1 amide bonds. The first-order valence-corrected chi connectivity index (χ1v) is 8.06. The summed E-state index contributed by atoms with van der Waals surface area (Å²) >= 11 is 0. The van der Waals surface area contributed by atoms with Crippen LogP contribution in [0.5, 0.6) is 5.75 Å². The zero-order chi connectivity index (χ0) is 17.2. The number of piperidine rings is 1. The molecule has 0 aliphatic carbocycles. The van der Waals surface area contributed by atoms with E-state index >= 15 is 0 Å². The van der Waals surface area contributed by atoms with Crippen molar-refractivity contribution in [2.24, 2.45) is 0 Å². The quantitative estimate of drug-likeness (QED) is 0.880. The van der Waals surface area contributed by atoms with Gasteiger partial charge in [0.2, 0.25) is 0 Å². The molecule has 24 heavy (non-hydrogen) atoms. The van der Waals surface area contributed by atoms with E-state index in [2.05, 4.69) is 4.90 Å². The van der Waals surface area contributed by atoms with Gasteiger partial charge in [-0.15, -0.1) is 0 Å². The molecule has 7 heteroatoms. The number of benzene rings is 1. The Kier molecular flexibility index (Phi) is 4.62. The first-order valence-electron chi connectivity index (χ1n) is 8.06. The Hall–Kier alpha value is -2.28. The number of carboxylic acids is 1. The van der Waals surface area contributed by atoms with Gasteiger partial charge in [0.1, 0.15) is 11.4 Å². The van der Waals surface area contributed by atoms with Crippen LogP contribution in [0.4, 0.5) is 4.79 Å². The topological polar surface area (TPSA) is 79.3 Å². The van der Waals surface area contributed by atoms with E-state index in [0.29, 0.717) is 25.4 Å². The zero-order valence-corrected chi connectivity index (χ0v) is 13.7. The molecule has 3 rings (SSSR count). The molecule has 1 atom stereocenters. The number of hydrogen-bond acceptors (Lipinski definition) is 5.